The van der Waals surface area contributed by atoms with Gasteiger partial charge in [0.1, 0.15) is 0 Å². The molecule has 0 aliphatic rings. The Bertz CT molecular complexity index is 1100. The van der Waals surface area contributed by atoms with Crippen LogP contribution in [0.2, 0.25) is 0 Å². The number of benzene rings is 3. The summed E-state index contributed by atoms with van der Waals surface area (Å²) < 4.78 is 3.55. The maximum Gasteiger partial charge on any atom is 0.0620 e. The van der Waals surface area contributed by atoms with E-state index in [4.69, 9.17) is 0 Å². The van der Waals surface area contributed by atoms with Crippen molar-refractivity contribution in [1.82, 2.24) is 4.40 Å². The molecule has 0 aliphatic heterocycles. The number of fused-ring (bicyclic) bond motifs is 6. The van der Waals surface area contributed by atoms with Gasteiger partial charge >= 0.3 is 0 Å². The van der Waals surface area contributed by atoms with Crippen molar-refractivity contribution in [2.75, 3.05) is 0 Å². The first-order chi connectivity index (χ1) is 9.86. The highest BCUT2D eigenvalue weighted by atomic mass is 79.9. The number of hydrogen-bond acceptors (Lipinski definition) is 0. The van der Waals surface area contributed by atoms with Crippen LogP contribution < -0.4 is 0 Å². The third kappa shape index (κ3) is 1.10. The summed E-state index contributed by atoms with van der Waals surface area (Å²) in [6, 6.07) is 21.7. The fraction of sp³-hybridized carbons (Fsp3) is 0. The molecule has 94 valence electrons. The van der Waals surface area contributed by atoms with Crippen molar-refractivity contribution in [1.29, 1.82) is 0 Å². The Morgan fingerprint density at radius 2 is 1.35 bits per heavy atom. The highest BCUT2D eigenvalue weighted by Gasteiger charge is 2.17. The molecule has 3 aromatic carbocycles. The van der Waals surface area contributed by atoms with Gasteiger partial charge in [0.05, 0.1) is 16.6 Å². The summed E-state index contributed by atoms with van der Waals surface area (Å²) in [4.78, 5) is 0. The van der Waals surface area contributed by atoms with Gasteiger partial charge in [0, 0.05) is 26.0 Å². The Labute approximate surface area is 123 Å². The van der Waals surface area contributed by atoms with Crippen molar-refractivity contribution in [3.63, 3.8) is 0 Å². The molecule has 0 bridgehead atoms. The van der Waals surface area contributed by atoms with Crippen molar-refractivity contribution in [3.05, 3.63) is 65.1 Å². The van der Waals surface area contributed by atoms with Crippen molar-refractivity contribution in [2.24, 2.45) is 0 Å². The third-order valence-electron chi connectivity index (χ3n) is 4.20. The minimum atomic E-state index is 1.16. The summed E-state index contributed by atoms with van der Waals surface area (Å²) in [5, 5.41) is 5.29. The Balaban J connectivity index is 2.31. The molecule has 0 N–H and O–H groups in total. The SMILES string of the molecule is Brc1cccc2c1c1cccc3c4ccccc4n2c31. The number of hydrogen-bond donors (Lipinski definition) is 0. The molecule has 1 nitrogen and oxygen atoms in total. The first-order valence-electron chi connectivity index (χ1n) is 6.68. The fourth-order valence-electron chi connectivity index (χ4n) is 3.44. The standard InChI is InChI=1S/C18H10BrN/c19-14-8-4-10-16-17(14)13-7-3-6-12-11-5-1-2-9-15(11)20(16)18(12)13/h1-10H. The Morgan fingerprint density at radius 1 is 0.650 bits per heavy atom. The molecule has 2 aromatic heterocycles. The maximum absolute atomic E-state index is 3.71. The predicted octanol–water partition coefficient (Wildman–Crippen LogP) is 5.60. The van der Waals surface area contributed by atoms with Crippen molar-refractivity contribution >= 4 is 54.0 Å². The minimum Gasteiger partial charge on any atom is -0.308 e. The Kier molecular flexibility index (Phi) is 1.89. The predicted molar refractivity (Wildman–Crippen MR) is 88.8 cm³/mol. The second-order valence-corrected chi connectivity index (χ2v) is 6.04. The van der Waals surface area contributed by atoms with Crippen LogP contribution in [0.5, 0.6) is 0 Å². The maximum atomic E-state index is 3.71. The van der Waals surface area contributed by atoms with Crippen molar-refractivity contribution in [3.8, 4) is 0 Å². The van der Waals surface area contributed by atoms with E-state index in [0.717, 1.165) is 4.47 Å². The lowest BCUT2D eigenvalue weighted by Crippen LogP contribution is -1.79. The highest BCUT2D eigenvalue weighted by Crippen LogP contribution is 2.40. The van der Waals surface area contributed by atoms with Crippen molar-refractivity contribution < 1.29 is 0 Å². The molecule has 2 heterocycles. The molecule has 0 amide bonds. The van der Waals surface area contributed by atoms with Gasteiger partial charge in [-0.25, -0.2) is 0 Å². The molecule has 5 rings (SSSR count). The van der Waals surface area contributed by atoms with Crippen LogP contribution in [-0.2, 0) is 0 Å². The van der Waals surface area contributed by atoms with Crippen LogP contribution in [0.25, 0.3) is 38.1 Å². The molecule has 0 fully saturated rings. The van der Waals surface area contributed by atoms with Crippen LogP contribution in [0.15, 0.2) is 65.1 Å². The number of halogens is 1. The zero-order chi connectivity index (χ0) is 13.3. The van der Waals surface area contributed by atoms with Gasteiger partial charge in [0.15, 0.2) is 0 Å². The Hall–Kier alpha value is -2.06. The van der Waals surface area contributed by atoms with Crippen molar-refractivity contribution in [2.45, 2.75) is 0 Å². The van der Waals surface area contributed by atoms with E-state index < -0.39 is 0 Å². The van der Waals surface area contributed by atoms with E-state index in [9.17, 15) is 0 Å². The number of para-hydroxylation sites is 2. The lowest BCUT2D eigenvalue weighted by molar-refractivity contribution is 1.37. The lowest BCUT2D eigenvalue weighted by atomic mass is 10.1. The van der Waals surface area contributed by atoms with Gasteiger partial charge in [-0.2, -0.15) is 0 Å². The summed E-state index contributed by atoms with van der Waals surface area (Å²) in [5.74, 6) is 0. The topological polar surface area (TPSA) is 4.41 Å². The molecule has 5 aromatic rings. The third-order valence-corrected chi connectivity index (χ3v) is 4.86. The van der Waals surface area contributed by atoms with E-state index in [2.05, 4.69) is 81.0 Å². The van der Waals surface area contributed by atoms with E-state index in [0.29, 0.717) is 0 Å². The van der Waals surface area contributed by atoms with E-state index >= 15 is 0 Å². The quantitative estimate of drug-likeness (QED) is 0.350. The molecule has 0 spiro atoms. The molecule has 20 heavy (non-hydrogen) atoms. The molecule has 0 aliphatic carbocycles. The second-order valence-electron chi connectivity index (χ2n) is 5.19. The molecule has 2 heteroatoms. The van der Waals surface area contributed by atoms with Gasteiger partial charge in [0.2, 0.25) is 0 Å². The van der Waals surface area contributed by atoms with Crippen LogP contribution in [0.4, 0.5) is 0 Å². The van der Waals surface area contributed by atoms with Gasteiger partial charge in [-0.1, -0.05) is 58.4 Å². The molecule has 0 radical (unpaired) electrons. The summed E-state index contributed by atoms with van der Waals surface area (Å²) in [6.07, 6.45) is 0. The molecule has 0 atom stereocenters. The average molecular weight is 320 g/mol. The molecule has 0 saturated heterocycles. The van der Waals surface area contributed by atoms with Crippen LogP contribution in [0.3, 0.4) is 0 Å². The van der Waals surface area contributed by atoms with Crippen LogP contribution in [0, 0.1) is 0 Å². The summed E-state index contributed by atoms with van der Waals surface area (Å²) in [7, 11) is 0. The first kappa shape index (κ1) is 10.7. The summed E-state index contributed by atoms with van der Waals surface area (Å²) in [6.45, 7) is 0. The highest BCUT2D eigenvalue weighted by molar-refractivity contribution is 9.10. The van der Waals surface area contributed by atoms with Gasteiger partial charge in [-0.15, -0.1) is 0 Å². The molecule has 0 unspecified atom stereocenters. The van der Waals surface area contributed by atoms with E-state index in [1.807, 2.05) is 0 Å². The Morgan fingerprint density at radius 3 is 2.30 bits per heavy atom. The summed E-state index contributed by atoms with van der Waals surface area (Å²) in [5.41, 5.74) is 3.88. The number of nitrogens with zero attached hydrogens (tertiary/aromatic N) is 1. The van der Waals surface area contributed by atoms with Gasteiger partial charge in [0.25, 0.3) is 0 Å². The smallest absolute Gasteiger partial charge is 0.0620 e. The first-order valence-corrected chi connectivity index (χ1v) is 7.47. The van der Waals surface area contributed by atoms with E-state index in [1.54, 1.807) is 0 Å². The largest absolute Gasteiger partial charge is 0.308 e. The zero-order valence-corrected chi connectivity index (χ0v) is 12.2. The van der Waals surface area contributed by atoms with E-state index in [-0.39, 0.29) is 0 Å². The number of rotatable bonds is 0. The fourth-order valence-corrected chi connectivity index (χ4v) is 4.01. The molecule has 0 saturated carbocycles. The molecular formula is C18H10BrN. The zero-order valence-electron chi connectivity index (χ0n) is 10.6. The van der Waals surface area contributed by atoms with Gasteiger partial charge in [-0.3, -0.25) is 0 Å². The second kappa shape index (κ2) is 3.53. The van der Waals surface area contributed by atoms with Crippen LogP contribution in [-0.4, -0.2) is 4.40 Å². The average Bonchev–Trinajstić information content (AvgIpc) is 2.99. The minimum absolute atomic E-state index is 1.16. The molecular weight excluding hydrogens is 310 g/mol. The van der Waals surface area contributed by atoms with Gasteiger partial charge in [-0.05, 0) is 18.2 Å². The monoisotopic (exact) mass is 319 g/mol. The summed E-state index contributed by atoms with van der Waals surface area (Å²) >= 11 is 3.71. The van der Waals surface area contributed by atoms with Gasteiger partial charge < -0.3 is 4.40 Å². The lowest BCUT2D eigenvalue weighted by Gasteiger charge is -1.98. The van der Waals surface area contributed by atoms with Crippen LogP contribution >= 0.6 is 15.9 Å². The number of aromatic nitrogens is 1. The van der Waals surface area contributed by atoms with E-state index in [1.165, 1.54) is 38.1 Å². The van der Waals surface area contributed by atoms with Crippen LogP contribution in [0.1, 0.15) is 0 Å². The normalized spacial score (nSPS) is 12.2.